The molecule has 0 aromatic rings. The number of methoxy groups -OCH3 is 1. The summed E-state index contributed by atoms with van der Waals surface area (Å²) < 4.78 is 4.64. The number of hydrogen-bond acceptors (Lipinski definition) is 5. The lowest BCUT2D eigenvalue weighted by atomic mass is 9.88. The normalized spacial score (nSPS) is 25.6. The van der Waals surface area contributed by atoms with Gasteiger partial charge in [0.2, 0.25) is 0 Å². The Kier molecular flexibility index (Phi) is 12.5. The third-order valence-corrected chi connectivity index (χ3v) is 6.77. The number of rotatable bonds is 12. The smallest absolute Gasteiger partial charge is 0.305 e. The SMILES string of the molecule is CCCCC(O)(C#C[Si](C)(C)C)C/C=C/[C@@H]1[C@@H](C/C=C\CCCC(=O)OC)[C@H](O)C[C@H]1O. The van der Waals surface area contributed by atoms with E-state index in [4.69, 9.17) is 0 Å². The summed E-state index contributed by atoms with van der Waals surface area (Å²) in [6.07, 6.45) is 12.7. The Morgan fingerprint density at radius 2 is 1.88 bits per heavy atom. The second kappa shape index (κ2) is 14.0. The monoisotopic (exact) mass is 464 g/mol. The Morgan fingerprint density at radius 3 is 2.50 bits per heavy atom. The Hall–Kier alpha value is -1.39. The Bertz CT molecular complexity index is 685. The van der Waals surface area contributed by atoms with Crippen molar-refractivity contribution < 1.29 is 24.9 Å². The van der Waals surface area contributed by atoms with Crippen molar-refractivity contribution in [2.75, 3.05) is 7.11 Å². The van der Waals surface area contributed by atoms with Crippen molar-refractivity contribution in [1.82, 2.24) is 0 Å². The van der Waals surface area contributed by atoms with E-state index in [1.807, 2.05) is 24.3 Å². The van der Waals surface area contributed by atoms with Crippen LogP contribution in [-0.2, 0) is 9.53 Å². The van der Waals surface area contributed by atoms with E-state index < -0.39 is 25.9 Å². The van der Waals surface area contributed by atoms with Crippen LogP contribution < -0.4 is 0 Å². The fourth-order valence-corrected chi connectivity index (χ4v) is 4.56. The maximum absolute atomic E-state index is 11.2. The predicted octanol–water partition coefficient (Wildman–Crippen LogP) is 4.38. The van der Waals surface area contributed by atoms with Crippen LogP contribution in [0.2, 0.25) is 19.6 Å². The molecule has 5 atom stereocenters. The van der Waals surface area contributed by atoms with Gasteiger partial charge in [0.25, 0.3) is 0 Å². The highest BCUT2D eigenvalue weighted by molar-refractivity contribution is 6.83. The molecule has 1 aliphatic carbocycles. The molecule has 1 aliphatic rings. The lowest BCUT2D eigenvalue weighted by molar-refractivity contribution is -0.140. The molecular weight excluding hydrogens is 420 g/mol. The van der Waals surface area contributed by atoms with Gasteiger partial charge in [-0.3, -0.25) is 4.79 Å². The molecule has 0 radical (unpaired) electrons. The highest BCUT2D eigenvalue weighted by atomic mass is 28.3. The zero-order chi connectivity index (χ0) is 24.2. The number of aliphatic hydroxyl groups is 3. The van der Waals surface area contributed by atoms with Gasteiger partial charge >= 0.3 is 5.97 Å². The number of esters is 1. The van der Waals surface area contributed by atoms with Gasteiger partial charge in [-0.25, -0.2) is 0 Å². The van der Waals surface area contributed by atoms with Crippen molar-refractivity contribution in [2.45, 2.75) is 102 Å². The molecule has 182 valence electrons. The van der Waals surface area contributed by atoms with Crippen LogP contribution in [0.5, 0.6) is 0 Å². The predicted molar refractivity (Wildman–Crippen MR) is 133 cm³/mol. The molecule has 0 amide bonds. The van der Waals surface area contributed by atoms with Gasteiger partial charge in [0.1, 0.15) is 13.7 Å². The first kappa shape index (κ1) is 28.6. The lowest BCUT2D eigenvalue weighted by Crippen LogP contribution is -2.28. The van der Waals surface area contributed by atoms with E-state index in [0.29, 0.717) is 32.1 Å². The number of hydrogen-bond donors (Lipinski definition) is 3. The minimum absolute atomic E-state index is 0.0603. The maximum Gasteiger partial charge on any atom is 0.305 e. The largest absolute Gasteiger partial charge is 0.469 e. The second-order valence-corrected chi connectivity index (χ2v) is 14.8. The molecule has 0 heterocycles. The summed E-state index contributed by atoms with van der Waals surface area (Å²) in [5.41, 5.74) is 2.27. The van der Waals surface area contributed by atoms with Crippen molar-refractivity contribution in [2.24, 2.45) is 11.8 Å². The summed E-state index contributed by atoms with van der Waals surface area (Å²) in [7, 11) is -0.196. The summed E-state index contributed by atoms with van der Waals surface area (Å²) in [5, 5.41) is 32.0. The van der Waals surface area contributed by atoms with Crippen LogP contribution in [0.25, 0.3) is 0 Å². The minimum Gasteiger partial charge on any atom is -0.469 e. The first-order valence-corrected chi connectivity index (χ1v) is 15.5. The number of carbonyl (C=O) groups is 1. The van der Waals surface area contributed by atoms with Crippen LogP contribution in [0, 0.1) is 23.3 Å². The van der Waals surface area contributed by atoms with E-state index in [9.17, 15) is 20.1 Å². The van der Waals surface area contributed by atoms with Gasteiger partial charge in [-0.15, -0.1) is 5.54 Å². The van der Waals surface area contributed by atoms with Gasteiger partial charge < -0.3 is 20.1 Å². The fourth-order valence-electron chi connectivity index (χ4n) is 3.95. The average Bonchev–Trinajstić information content (AvgIpc) is 2.99. The zero-order valence-electron chi connectivity index (χ0n) is 20.6. The van der Waals surface area contributed by atoms with Crippen LogP contribution >= 0.6 is 0 Å². The van der Waals surface area contributed by atoms with E-state index in [1.54, 1.807) is 0 Å². The van der Waals surface area contributed by atoms with Crippen LogP contribution in [0.4, 0.5) is 0 Å². The molecule has 0 aromatic carbocycles. The summed E-state index contributed by atoms with van der Waals surface area (Å²) in [6.45, 7) is 8.60. The molecule has 0 aliphatic heterocycles. The van der Waals surface area contributed by atoms with E-state index in [1.165, 1.54) is 7.11 Å². The number of carbonyl (C=O) groups excluding carboxylic acids is 1. The van der Waals surface area contributed by atoms with Crippen molar-refractivity contribution in [3.05, 3.63) is 24.3 Å². The Morgan fingerprint density at radius 1 is 1.16 bits per heavy atom. The minimum atomic E-state index is -1.59. The molecule has 6 heteroatoms. The maximum atomic E-state index is 11.2. The number of ether oxygens (including phenoxy) is 1. The summed E-state index contributed by atoms with van der Waals surface area (Å²) in [6, 6.07) is 0. The number of aliphatic hydroxyl groups excluding tert-OH is 2. The first-order chi connectivity index (χ1) is 15.0. The molecule has 0 spiro atoms. The van der Waals surface area contributed by atoms with Crippen LogP contribution in [0.3, 0.4) is 0 Å². The molecule has 3 N–H and O–H groups in total. The summed E-state index contributed by atoms with van der Waals surface area (Å²) in [5.74, 6) is 2.74. The highest BCUT2D eigenvalue weighted by Gasteiger charge is 2.39. The van der Waals surface area contributed by atoms with Gasteiger partial charge in [0.05, 0.1) is 19.3 Å². The van der Waals surface area contributed by atoms with Crippen LogP contribution in [-0.4, -0.2) is 54.3 Å². The van der Waals surface area contributed by atoms with Crippen molar-refractivity contribution in [3.8, 4) is 11.5 Å². The van der Waals surface area contributed by atoms with Gasteiger partial charge in [-0.2, -0.15) is 0 Å². The topological polar surface area (TPSA) is 87.0 Å². The first-order valence-electron chi connectivity index (χ1n) is 12.0. The van der Waals surface area contributed by atoms with Crippen LogP contribution in [0.1, 0.15) is 64.7 Å². The standard InChI is InChI=1S/C26H44O5Si/c1-6-7-16-26(30,18-19-32(3,4)5)17-12-14-22-21(23(27)20-24(22)28)13-10-8-9-11-15-25(29)31-2/h8,10,12,14,21-24,27-28,30H,6-7,9,11,13,15-17,20H2,1-5H3/b10-8-,14-12+/t21-,22-,23-,24-,26?/m1/s1. The van der Waals surface area contributed by atoms with Crippen molar-refractivity contribution in [1.29, 1.82) is 0 Å². The molecule has 5 nitrogen and oxygen atoms in total. The van der Waals surface area contributed by atoms with Gasteiger partial charge in [0.15, 0.2) is 0 Å². The summed E-state index contributed by atoms with van der Waals surface area (Å²) >= 11 is 0. The van der Waals surface area contributed by atoms with Crippen molar-refractivity contribution >= 4 is 14.0 Å². The quantitative estimate of drug-likeness (QED) is 0.131. The van der Waals surface area contributed by atoms with E-state index in [0.717, 1.165) is 25.7 Å². The zero-order valence-corrected chi connectivity index (χ0v) is 21.6. The molecular formula is C26H44O5Si. The van der Waals surface area contributed by atoms with Gasteiger partial charge in [0, 0.05) is 25.2 Å². The molecule has 32 heavy (non-hydrogen) atoms. The Balaban J connectivity index is 2.73. The van der Waals surface area contributed by atoms with E-state index >= 15 is 0 Å². The van der Waals surface area contributed by atoms with Gasteiger partial charge in [-0.1, -0.05) is 63.2 Å². The molecule has 1 unspecified atom stereocenters. The molecule has 0 aromatic heterocycles. The lowest BCUT2D eigenvalue weighted by Gasteiger charge is -2.23. The van der Waals surface area contributed by atoms with Crippen LogP contribution in [0.15, 0.2) is 24.3 Å². The fraction of sp³-hybridized carbons (Fsp3) is 0.731. The molecule has 1 rings (SSSR count). The van der Waals surface area contributed by atoms with E-state index in [2.05, 4.69) is 42.8 Å². The van der Waals surface area contributed by atoms with Crippen molar-refractivity contribution in [3.63, 3.8) is 0 Å². The summed E-state index contributed by atoms with van der Waals surface area (Å²) in [4.78, 5) is 11.2. The highest BCUT2D eigenvalue weighted by Crippen LogP contribution is 2.36. The number of allylic oxidation sites excluding steroid dienone is 2. The number of unbranched alkanes of at least 4 members (excludes halogenated alkanes) is 2. The molecule has 1 fully saturated rings. The molecule has 0 saturated heterocycles. The third-order valence-electron chi connectivity index (χ3n) is 5.90. The molecule has 1 saturated carbocycles. The van der Waals surface area contributed by atoms with E-state index in [-0.39, 0.29) is 17.8 Å². The third kappa shape index (κ3) is 11.0. The van der Waals surface area contributed by atoms with Gasteiger partial charge in [-0.05, 0) is 38.0 Å². The average molecular weight is 465 g/mol. The second-order valence-electron chi connectivity index (χ2n) is 10.1. The molecule has 0 bridgehead atoms. The Labute approximate surface area is 196 Å².